The normalized spacial score (nSPS) is 15.5. The lowest BCUT2D eigenvalue weighted by molar-refractivity contribution is 0.628. The van der Waals surface area contributed by atoms with Crippen LogP contribution in [-0.4, -0.2) is 36.1 Å². The number of anilines is 3. The van der Waals surface area contributed by atoms with Gasteiger partial charge < -0.3 is 15.5 Å². The number of halogens is 1. The molecule has 6 heteroatoms. The van der Waals surface area contributed by atoms with E-state index in [0.717, 1.165) is 55.7 Å². The van der Waals surface area contributed by atoms with Crippen LogP contribution in [0, 0.1) is 12.7 Å². The van der Waals surface area contributed by atoms with Gasteiger partial charge in [0.25, 0.3) is 0 Å². The predicted octanol–water partition coefficient (Wildman–Crippen LogP) is 2.47. The summed E-state index contributed by atoms with van der Waals surface area (Å²) in [4.78, 5) is 11.3. The summed E-state index contributed by atoms with van der Waals surface area (Å²) in [5.74, 6) is 1.22. The fraction of sp³-hybridized carbons (Fsp3) is 0.375. The first-order chi connectivity index (χ1) is 10.7. The molecule has 0 radical (unpaired) electrons. The molecule has 1 saturated heterocycles. The second kappa shape index (κ2) is 6.70. The van der Waals surface area contributed by atoms with E-state index in [9.17, 15) is 4.39 Å². The van der Waals surface area contributed by atoms with Crippen LogP contribution in [0.5, 0.6) is 0 Å². The summed E-state index contributed by atoms with van der Waals surface area (Å²) < 4.78 is 13.0. The van der Waals surface area contributed by atoms with Gasteiger partial charge in [-0.25, -0.2) is 9.37 Å². The Balaban J connectivity index is 1.81. The third-order valence-electron chi connectivity index (χ3n) is 3.58. The van der Waals surface area contributed by atoms with E-state index in [1.807, 2.05) is 13.0 Å². The molecule has 1 aliphatic rings. The van der Waals surface area contributed by atoms with Crippen LogP contribution in [0.3, 0.4) is 0 Å². The van der Waals surface area contributed by atoms with E-state index in [1.54, 1.807) is 12.1 Å². The lowest BCUT2D eigenvalue weighted by Crippen LogP contribution is -2.29. The van der Waals surface area contributed by atoms with E-state index < -0.39 is 0 Å². The lowest BCUT2D eigenvalue weighted by atomic mass is 10.3. The summed E-state index contributed by atoms with van der Waals surface area (Å²) in [5, 5.41) is 6.58. The van der Waals surface area contributed by atoms with Crippen LogP contribution in [0.15, 0.2) is 30.3 Å². The van der Waals surface area contributed by atoms with Crippen molar-refractivity contribution in [3.63, 3.8) is 0 Å². The minimum absolute atomic E-state index is 0.248. The van der Waals surface area contributed by atoms with Gasteiger partial charge in [0.2, 0.25) is 5.95 Å². The van der Waals surface area contributed by atoms with Gasteiger partial charge in [-0.3, -0.25) is 0 Å². The molecule has 0 unspecified atom stereocenters. The van der Waals surface area contributed by atoms with Crippen molar-refractivity contribution in [2.24, 2.45) is 0 Å². The standard InChI is InChI=1S/C16H20FN5/c1-12-11-15(20-14-5-3-13(17)4-6-14)21-16(19-12)22-9-2-7-18-8-10-22/h3-6,11,18H,2,7-10H2,1H3,(H,19,20,21). The van der Waals surface area contributed by atoms with Gasteiger partial charge in [-0.05, 0) is 44.2 Å². The van der Waals surface area contributed by atoms with E-state index in [4.69, 9.17) is 0 Å². The molecule has 1 aromatic heterocycles. The van der Waals surface area contributed by atoms with E-state index in [1.165, 1.54) is 12.1 Å². The van der Waals surface area contributed by atoms with Gasteiger partial charge in [-0.1, -0.05) is 0 Å². The maximum Gasteiger partial charge on any atom is 0.227 e. The Morgan fingerprint density at radius 1 is 1.14 bits per heavy atom. The van der Waals surface area contributed by atoms with Crippen molar-refractivity contribution in [2.75, 3.05) is 36.4 Å². The molecule has 0 aliphatic carbocycles. The summed E-state index contributed by atoms with van der Waals surface area (Å²) in [6.07, 6.45) is 1.08. The Morgan fingerprint density at radius 2 is 1.95 bits per heavy atom. The molecule has 0 bridgehead atoms. The van der Waals surface area contributed by atoms with Gasteiger partial charge in [0.1, 0.15) is 11.6 Å². The molecule has 1 aromatic carbocycles. The highest BCUT2D eigenvalue weighted by atomic mass is 19.1. The Morgan fingerprint density at radius 3 is 2.77 bits per heavy atom. The van der Waals surface area contributed by atoms with Crippen molar-refractivity contribution in [3.8, 4) is 0 Å². The van der Waals surface area contributed by atoms with Crippen LogP contribution in [0.1, 0.15) is 12.1 Å². The molecule has 2 aromatic rings. The number of benzene rings is 1. The van der Waals surface area contributed by atoms with Crippen molar-refractivity contribution in [2.45, 2.75) is 13.3 Å². The number of nitrogens with zero attached hydrogens (tertiary/aromatic N) is 3. The van der Waals surface area contributed by atoms with Crippen LogP contribution < -0.4 is 15.5 Å². The highest BCUT2D eigenvalue weighted by molar-refractivity contribution is 5.57. The van der Waals surface area contributed by atoms with Gasteiger partial charge in [0.05, 0.1) is 0 Å². The third kappa shape index (κ3) is 3.71. The minimum atomic E-state index is -0.248. The number of aromatic nitrogens is 2. The number of rotatable bonds is 3. The Kier molecular flexibility index (Phi) is 4.48. The van der Waals surface area contributed by atoms with E-state index in [2.05, 4.69) is 25.5 Å². The van der Waals surface area contributed by atoms with Crippen LogP contribution in [-0.2, 0) is 0 Å². The number of nitrogens with one attached hydrogen (secondary N) is 2. The van der Waals surface area contributed by atoms with Crippen molar-refractivity contribution in [3.05, 3.63) is 41.8 Å². The minimum Gasteiger partial charge on any atom is -0.340 e. The van der Waals surface area contributed by atoms with Crippen molar-refractivity contribution < 1.29 is 4.39 Å². The zero-order chi connectivity index (χ0) is 15.4. The molecule has 116 valence electrons. The van der Waals surface area contributed by atoms with Gasteiger partial charge in [0, 0.05) is 37.1 Å². The highest BCUT2D eigenvalue weighted by Gasteiger charge is 2.13. The first-order valence-corrected chi connectivity index (χ1v) is 7.55. The van der Waals surface area contributed by atoms with Crippen LogP contribution in [0.25, 0.3) is 0 Å². The quantitative estimate of drug-likeness (QED) is 0.912. The van der Waals surface area contributed by atoms with Gasteiger partial charge in [0.15, 0.2) is 0 Å². The summed E-state index contributed by atoms with van der Waals surface area (Å²) >= 11 is 0. The van der Waals surface area contributed by atoms with E-state index >= 15 is 0 Å². The molecule has 0 amide bonds. The smallest absolute Gasteiger partial charge is 0.227 e. The first kappa shape index (κ1) is 14.7. The molecule has 1 fully saturated rings. The second-order valence-corrected chi connectivity index (χ2v) is 5.42. The lowest BCUT2D eigenvalue weighted by Gasteiger charge is -2.21. The average molecular weight is 301 g/mol. The van der Waals surface area contributed by atoms with Crippen molar-refractivity contribution in [1.29, 1.82) is 0 Å². The Labute approximate surface area is 129 Å². The maximum absolute atomic E-state index is 13.0. The molecule has 0 atom stereocenters. The van der Waals surface area contributed by atoms with Crippen LogP contribution in [0.4, 0.5) is 21.8 Å². The predicted molar refractivity (Wildman–Crippen MR) is 86.2 cm³/mol. The van der Waals surface area contributed by atoms with Crippen molar-refractivity contribution in [1.82, 2.24) is 15.3 Å². The van der Waals surface area contributed by atoms with E-state index in [-0.39, 0.29) is 5.82 Å². The Bertz CT molecular complexity index is 621. The van der Waals surface area contributed by atoms with Crippen molar-refractivity contribution >= 4 is 17.5 Å². The summed E-state index contributed by atoms with van der Waals surface area (Å²) in [5.41, 5.74) is 1.72. The molecule has 3 rings (SSSR count). The number of aryl methyl sites for hydroxylation is 1. The van der Waals surface area contributed by atoms with Crippen LogP contribution in [0.2, 0.25) is 0 Å². The second-order valence-electron chi connectivity index (χ2n) is 5.42. The van der Waals surface area contributed by atoms with Crippen LogP contribution >= 0.6 is 0 Å². The monoisotopic (exact) mass is 301 g/mol. The van der Waals surface area contributed by atoms with E-state index in [0.29, 0.717) is 0 Å². The molecule has 2 N–H and O–H groups in total. The highest BCUT2D eigenvalue weighted by Crippen LogP contribution is 2.19. The number of hydrogen-bond acceptors (Lipinski definition) is 5. The molecule has 22 heavy (non-hydrogen) atoms. The zero-order valence-corrected chi connectivity index (χ0v) is 12.6. The molecule has 5 nitrogen and oxygen atoms in total. The molecule has 1 aliphatic heterocycles. The summed E-state index contributed by atoms with van der Waals surface area (Å²) in [6, 6.07) is 8.14. The average Bonchev–Trinajstić information content (AvgIpc) is 2.78. The molecule has 0 spiro atoms. The Hall–Kier alpha value is -2.21. The first-order valence-electron chi connectivity index (χ1n) is 7.55. The van der Waals surface area contributed by atoms with Gasteiger partial charge in [-0.2, -0.15) is 4.98 Å². The molecule has 2 heterocycles. The zero-order valence-electron chi connectivity index (χ0n) is 12.6. The van der Waals surface area contributed by atoms with Gasteiger partial charge >= 0.3 is 0 Å². The fourth-order valence-electron chi connectivity index (χ4n) is 2.49. The third-order valence-corrected chi connectivity index (χ3v) is 3.58. The summed E-state index contributed by atoms with van der Waals surface area (Å²) in [7, 11) is 0. The molecule has 0 saturated carbocycles. The maximum atomic E-state index is 13.0. The fourth-order valence-corrected chi connectivity index (χ4v) is 2.49. The molecular weight excluding hydrogens is 281 g/mol. The number of hydrogen-bond donors (Lipinski definition) is 2. The summed E-state index contributed by atoms with van der Waals surface area (Å²) in [6.45, 7) is 5.78. The van der Waals surface area contributed by atoms with Gasteiger partial charge in [-0.15, -0.1) is 0 Å². The SMILES string of the molecule is Cc1cc(Nc2ccc(F)cc2)nc(N2CCCNCC2)n1. The molecular formula is C16H20FN5. The topological polar surface area (TPSA) is 53.1 Å². The largest absolute Gasteiger partial charge is 0.340 e.